The predicted octanol–water partition coefficient (Wildman–Crippen LogP) is 4.30. The topological polar surface area (TPSA) is 0 Å². The van der Waals surface area contributed by atoms with Crippen LogP contribution in [0, 0.1) is 56.3 Å². The van der Waals surface area contributed by atoms with Crippen LogP contribution in [0.25, 0.3) is 0 Å². The summed E-state index contributed by atoms with van der Waals surface area (Å²) in [5, 5.41) is 3.07. The van der Waals surface area contributed by atoms with Crippen LogP contribution in [0.15, 0.2) is 151 Å². The molecule has 2 aromatic rings. The van der Waals surface area contributed by atoms with Crippen molar-refractivity contribution in [2.45, 2.75) is 61.8 Å². The molecule has 0 nitrogen and oxygen atoms in total. The summed E-state index contributed by atoms with van der Waals surface area (Å²) in [7, 11) is 0. The zero-order chi connectivity index (χ0) is 34.5. The Morgan fingerprint density at radius 1 is 0.660 bits per heavy atom. The van der Waals surface area contributed by atoms with E-state index >= 15 is 0 Å². The normalized spacial score (nSPS) is 38.8. The first-order valence-corrected chi connectivity index (χ1v) is 24.5. The molecule has 260 valence electrons. The molecule has 6 aliphatic rings. The van der Waals surface area contributed by atoms with Crippen LogP contribution >= 0.6 is 0 Å². The monoisotopic (exact) mass is 882 g/mol. The van der Waals surface area contributed by atoms with Crippen LogP contribution in [-0.4, -0.2) is 5.49 Å². The average molecular weight is 882 g/mol. The molecule has 2 saturated carbocycles. The van der Waals surface area contributed by atoms with E-state index in [1.54, 1.807) is 0 Å². The SMILES string of the molecule is CC1=CC=CC2[CH-]C3(C)C4(C)C=CC=CC4(C)C4(C)C=CC=CC4(C)C3(C)C12C.[C-]1=CC=CC1.[Cl-].[Cl-].[Hf+2]=[Si](c1ccccc1)c1ccccc1. The van der Waals surface area contributed by atoms with Gasteiger partial charge in [-0.2, -0.15) is 6.08 Å². The number of halogens is 2. The van der Waals surface area contributed by atoms with Gasteiger partial charge < -0.3 is 31.2 Å². The Morgan fingerprint density at radius 2 is 1.14 bits per heavy atom. The van der Waals surface area contributed by atoms with Crippen LogP contribution in [0.4, 0.5) is 0 Å². The Morgan fingerprint density at radius 3 is 1.60 bits per heavy atom. The summed E-state index contributed by atoms with van der Waals surface area (Å²) < 4.78 is 0. The standard InChI is InChI=1S/C29H37.C12H10Si.C5H5.2ClH.Hf/c1-21-14-13-15-22-20-27(6)25(4)18-10-9-16-23(25,2)24(3)17-11-12-19-26(24,5)29(27,8)28(21,22)7;1-3-7-11(8-4-1)13-12-9-5-2-6-10-12;1-2-4-5-3-1;;;/h9-20,22H,1-8H3;1-10H;1-3H,4H2;2*1H;/q-1;;-1;;;+2/p-2. The van der Waals surface area contributed by atoms with Gasteiger partial charge in [-0.3, -0.25) is 6.08 Å². The maximum atomic E-state index is 2.99. The van der Waals surface area contributed by atoms with Crippen molar-refractivity contribution in [1.82, 2.24) is 0 Å². The molecule has 0 radical (unpaired) electrons. The molecule has 6 aliphatic carbocycles. The summed E-state index contributed by atoms with van der Waals surface area (Å²) in [4.78, 5) is 0. The molecule has 0 aliphatic heterocycles. The molecule has 0 saturated heterocycles. The zero-order valence-corrected chi connectivity index (χ0v) is 37.1. The van der Waals surface area contributed by atoms with Gasteiger partial charge in [0.2, 0.25) is 0 Å². The van der Waals surface area contributed by atoms with E-state index in [0.717, 1.165) is 6.42 Å². The molecule has 8 unspecified atom stereocenters. The van der Waals surface area contributed by atoms with E-state index in [1.165, 1.54) is 38.9 Å². The van der Waals surface area contributed by atoms with Gasteiger partial charge in [0.1, 0.15) is 0 Å². The summed E-state index contributed by atoms with van der Waals surface area (Å²) in [6, 6.07) is 21.8. The molecule has 2 aromatic carbocycles. The zero-order valence-electron chi connectivity index (χ0n) is 31.0. The van der Waals surface area contributed by atoms with Crippen molar-refractivity contribution < 1.29 is 47.8 Å². The van der Waals surface area contributed by atoms with Crippen molar-refractivity contribution >= 4 is 15.9 Å². The Labute approximate surface area is 330 Å². The van der Waals surface area contributed by atoms with E-state index in [4.69, 9.17) is 0 Å². The van der Waals surface area contributed by atoms with Crippen molar-refractivity contribution in [3.05, 3.63) is 164 Å². The van der Waals surface area contributed by atoms with Gasteiger partial charge in [0.05, 0.1) is 0 Å². The molecule has 2 fully saturated rings. The summed E-state index contributed by atoms with van der Waals surface area (Å²) in [5.41, 5.74) is 1.33. The van der Waals surface area contributed by atoms with Crippen molar-refractivity contribution in [2.24, 2.45) is 43.8 Å². The van der Waals surface area contributed by atoms with Gasteiger partial charge in [-0.1, -0.05) is 115 Å². The second-order valence-electron chi connectivity index (χ2n) is 15.8. The molecule has 8 atom stereocenters. The third-order valence-electron chi connectivity index (χ3n) is 14.7. The van der Waals surface area contributed by atoms with Gasteiger partial charge in [-0.05, 0) is 28.6 Å². The summed E-state index contributed by atoms with van der Waals surface area (Å²) >= 11 is 1.27. The van der Waals surface area contributed by atoms with E-state index in [0.29, 0.717) is 5.92 Å². The van der Waals surface area contributed by atoms with Gasteiger partial charge in [0.15, 0.2) is 0 Å². The molecule has 4 heteroatoms. The first-order chi connectivity index (χ1) is 22.8. The molecule has 50 heavy (non-hydrogen) atoms. The molecule has 0 aromatic heterocycles. The number of benzene rings is 2. The van der Waals surface area contributed by atoms with Crippen LogP contribution in [-0.2, 0) is 23.0 Å². The number of hydrogen-bond acceptors (Lipinski definition) is 0. The van der Waals surface area contributed by atoms with Gasteiger partial charge in [-0.15, -0.1) is 23.8 Å². The molecule has 0 N–H and O–H groups in total. The first-order valence-electron chi connectivity index (χ1n) is 17.6. The van der Waals surface area contributed by atoms with E-state index in [-0.39, 0.29) is 62.7 Å². The summed E-state index contributed by atoms with van der Waals surface area (Å²) in [6.07, 6.45) is 39.3. The quantitative estimate of drug-likeness (QED) is 0.313. The number of allylic oxidation sites excluding steroid dienone is 16. The fourth-order valence-electron chi connectivity index (χ4n) is 11.0. The Bertz CT molecular complexity index is 1760. The van der Waals surface area contributed by atoms with Gasteiger partial charge in [0.25, 0.3) is 0 Å². The van der Waals surface area contributed by atoms with Gasteiger partial charge in [-0.25, -0.2) is 12.2 Å². The molecule has 8 rings (SSSR count). The molecule has 0 amide bonds. The van der Waals surface area contributed by atoms with Crippen molar-refractivity contribution in [2.75, 3.05) is 0 Å². The van der Waals surface area contributed by atoms with Crippen LogP contribution in [0.3, 0.4) is 0 Å². The molecular weight excluding hydrogens is 830 g/mol. The molecule has 0 heterocycles. The second kappa shape index (κ2) is 14.8. The van der Waals surface area contributed by atoms with Crippen molar-refractivity contribution in [3.8, 4) is 0 Å². The molecule has 0 spiro atoms. The third kappa shape index (κ3) is 5.44. The number of fused-ring (bicyclic) bond motifs is 8. The molecular formula is C46H52Cl2HfSi-2. The van der Waals surface area contributed by atoms with Gasteiger partial charge >= 0.3 is 99.5 Å². The van der Waals surface area contributed by atoms with Crippen molar-refractivity contribution in [3.63, 3.8) is 0 Å². The Hall–Kier alpha value is -1.97. The van der Waals surface area contributed by atoms with E-state index in [2.05, 4.69) is 201 Å². The van der Waals surface area contributed by atoms with Crippen LogP contribution in [0.2, 0.25) is 0 Å². The summed E-state index contributed by atoms with van der Waals surface area (Å²) in [5.74, 6) is 0.460. The predicted molar refractivity (Wildman–Crippen MR) is 203 cm³/mol. The fourth-order valence-corrected chi connectivity index (χ4v) is 15.9. The maximum absolute atomic E-state index is 2.99. The fraction of sp³-hybridized carbons (Fsp3) is 0.370. The van der Waals surface area contributed by atoms with Crippen molar-refractivity contribution in [1.29, 1.82) is 0 Å². The third-order valence-corrected chi connectivity index (χ3v) is 22.8. The minimum atomic E-state index is -0.406. The minimum absolute atomic E-state index is 0. The first kappa shape index (κ1) is 40.8. The van der Waals surface area contributed by atoms with Crippen LogP contribution < -0.4 is 35.2 Å². The number of hydrogen-bond donors (Lipinski definition) is 0. The van der Waals surface area contributed by atoms with E-state index < -0.39 is 5.49 Å². The van der Waals surface area contributed by atoms with E-state index in [9.17, 15) is 0 Å². The molecule has 0 bridgehead atoms. The Balaban J connectivity index is 0.000000223. The van der Waals surface area contributed by atoms with Crippen LogP contribution in [0.5, 0.6) is 0 Å². The van der Waals surface area contributed by atoms with Gasteiger partial charge in [0, 0.05) is 10.8 Å². The average Bonchev–Trinajstić information content (AvgIpc) is 3.75. The Kier molecular flexibility index (Phi) is 12.1. The number of rotatable bonds is 2. The van der Waals surface area contributed by atoms with Crippen LogP contribution in [0.1, 0.15) is 61.8 Å². The second-order valence-corrected chi connectivity index (χ2v) is 23.1. The van der Waals surface area contributed by atoms with E-state index in [1.807, 2.05) is 12.2 Å². The summed E-state index contributed by atoms with van der Waals surface area (Å²) in [6.45, 7) is 20.3.